The number of carbonyl (C=O) groups excluding carboxylic acids is 1. The van der Waals surface area contributed by atoms with Crippen molar-refractivity contribution >= 4 is 5.78 Å². The van der Waals surface area contributed by atoms with E-state index in [1.54, 1.807) is 0 Å². The van der Waals surface area contributed by atoms with Gasteiger partial charge in [-0.2, -0.15) is 0 Å². The van der Waals surface area contributed by atoms with E-state index in [4.69, 9.17) is 0 Å². The molecule has 1 unspecified atom stereocenters. The zero-order valence-electron chi connectivity index (χ0n) is 9.14. The molecule has 1 saturated carbocycles. The van der Waals surface area contributed by atoms with E-state index in [0.29, 0.717) is 5.78 Å². The predicted molar refractivity (Wildman–Crippen MR) is 57.2 cm³/mol. The minimum Gasteiger partial charge on any atom is -0.305 e. The number of nitrogens with one attached hydrogen (secondary N) is 1. The Labute approximate surface area is 86.5 Å². The molecule has 0 bridgehead atoms. The SMILES string of the molecule is CC1(C(=O)CCC2CC2)CCCCN1. The van der Waals surface area contributed by atoms with Gasteiger partial charge in [-0.1, -0.05) is 12.8 Å². The molecule has 2 nitrogen and oxygen atoms in total. The van der Waals surface area contributed by atoms with Crippen LogP contribution >= 0.6 is 0 Å². The molecule has 0 radical (unpaired) electrons. The molecule has 1 atom stereocenters. The average Bonchev–Trinajstić information content (AvgIpc) is 2.99. The van der Waals surface area contributed by atoms with Crippen LogP contribution in [0.4, 0.5) is 0 Å². The molecule has 0 aromatic heterocycles. The van der Waals surface area contributed by atoms with Crippen molar-refractivity contribution in [2.45, 2.75) is 57.4 Å². The molecule has 2 rings (SSSR count). The number of rotatable bonds is 4. The van der Waals surface area contributed by atoms with E-state index < -0.39 is 0 Å². The molecular weight excluding hydrogens is 174 g/mol. The van der Waals surface area contributed by atoms with Crippen LogP contribution in [0, 0.1) is 5.92 Å². The van der Waals surface area contributed by atoms with Gasteiger partial charge in [0, 0.05) is 6.42 Å². The standard InChI is InChI=1S/C12H21NO/c1-12(8-2-3-9-13-12)11(14)7-6-10-4-5-10/h10,13H,2-9H2,1H3. The first-order chi connectivity index (χ1) is 6.71. The van der Waals surface area contributed by atoms with E-state index in [0.717, 1.165) is 31.7 Å². The molecule has 1 saturated heterocycles. The van der Waals surface area contributed by atoms with Crippen molar-refractivity contribution in [1.29, 1.82) is 0 Å². The molecule has 2 aliphatic rings. The highest BCUT2D eigenvalue weighted by atomic mass is 16.1. The van der Waals surface area contributed by atoms with E-state index in [2.05, 4.69) is 12.2 Å². The fraction of sp³-hybridized carbons (Fsp3) is 0.917. The quantitative estimate of drug-likeness (QED) is 0.745. The second kappa shape index (κ2) is 4.01. The predicted octanol–water partition coefficient (Wildman–Crippen LogP) is 2.28. The van der Waals surface area contributed by atoms with Crippen LogP contribution in [0.3, 0.4) is 0 Å². The summed E-state index contributed by atoms with van der Waals surface area (Å²) in [6.45, 7) is 3.10. The van der Waals surface area contributed by atoms with Crippen molar-refractivity contribution in [2.75, 3.05) is 6.54 Å². The zero-order valence-corrected chi connectivity index (χ0v) is 9.14. The monoisotopic (exact) mass is 195 g/mol. The van der Waals surface area contributed by atoms with Gasteiger partial charge < -0.3 is 5.32 Å². The summed E-state index contributed by atoms with van der Waals surface area (Å²) in [6, 6.07) is 0. The van der Waals surface area contributed by atoms with Crippen molar-refractivity contribution in [3.63, 3.8) is 0 Å². The summed E-state index contributed by atoms with van der Waals surface area (Å²) in [6.07, 6.45) is 8.12. The maximum absolute atomic E-state index is 12.0. The summed E-state index contributed by atoms with van der Waals surface area (Å²) in [5, 5.41) is 3.39. The number of ketones is 1. The van der Waals surface area contributed by atoms with Crippen LogP contribution in [0.15, 0.2) is 0 Å². The summed E-state index contributed by atoms with van der Waals surface area (Å²) < 4.78 is 0. The van der Waals surface area contributed by atoms with E-state index >= 15 is 0 Å². The molecule has 1 N–H and O–H groups in total. The van der Waals surface area contributed by atoms with Gasteiger partial charge in [-0.3, -0.25) is 4.79 Å². The third-order valence-corrected chi connectivity index (χ3v) is 3.71. The Hall–Kier alpha value is -0.370. The summed E-state index contributed by atoms with van der Waals surface area (Å²) in [7, 11) is 0. The molecule has 14 heavy (non-hydrogen) atoms. The van der Waals surface area contributed by atoms with Gasteiger partial charge in [0.25, 0.3) is 0 Å². The first-order valence-corrected chi connectivity index (χ1v) is 5.99. The smallest absolute Gasteiger partial charge is 0.152 e. The molecule has 2 heteroatoms. The second-order valence-electron chi connectivity index (χ2n) is 5.12. The molecule has 2 fully saturated rings. The summed E-state index contributed by atoms with van der Waals surface area (Å²) in [4.78, 5) is 12.0. The van der Waals surface area contributed by atoms with Gasteiger partial charge in [0.05, 0.1) is 5.54 Å². The van der Waals surface area contributed by atoms with Crippen LogP contribution < -0.4 is 5.32 Å². The van der Waals surface area contributed by atoms with Crippen molar-refractivity contribution < 1.29 is 4.79 Å². The second-order valence-corrected chi connectivity index (χ2v) is 5.12. The van der Waals surface area contributed by atoms with Crippen LogP contribution in [0.2, 0.25) is 0 Å². The van der Waals surface area contributed by atoms with Crippen molar-refractivity contribution in [3.8, 4) is 0 Å². The zero-order chi connectivity index (χ0) is 10.0. The van der Waals surface area contributed by atoms with Gasteiger partial charge in [-0.15, -0.1) is 0 Å². The highest BCUT2D eigenvalue weighted by molar-refractivity contribution is 5.88. The minimum atomic E-state index is -0.187. The Morgan fingerprint density at radius 1 is 1.43 bits per heavy atom. The van der Waals surface area contributed by atoms with E-state index in [9.17, 15) is 4.79 Å². The fourth-order valence-corrected chi connectivity index (χ4v) is 2.31. The van der Waals surface area contributed by atoms with Crippen LogP contribution in [-0.2, 0) is 4.79 Å². The van der Waals surface area contributed by atoms with E-state index in [-0.39, 0.29) is 5.54 Å². The van der Waals surface area contributed by atoms with Gasteiger partial charge in [0.2, 0.25) is 0 Å². The third kappa shape index (κ3) is 2.35. The first kappa shape index (κ1) is 10.2. The Morgan fingerprint density at radius 2 is 2.21 bits per heavy atom. The maximum Gasteiger partial charge on any atom is 0.152 e. The van der Waals surface area contributed by atoms with Crippen molar-refractivity contribution in [2.24, 2.45) is 5.92 Å². The maximum atomic E-state index is 12.0. The van der Waals surface area contributed by atoms with E-state index in [1.807, 2.05) is 0 Å². The van der Waals surface area contributed by atoms with Gasteiger partial charge in [0.15, 0.2) is 5.78 Å². The lowest BCUT2D eigenvalue weighted by molar-refractivity contribution is -0.125. The van der Waals surface area contributed by atoms with Crippen molar-refractivity contribution in [3.05, 3.63) is 0 Å². The molecule has 1 heterocycles. The summed E-state index contributed by atoms with van der Waals surface area (Å²) in [5.41, 5.74) is -0.187. The largest absolute Gasteiger partial charge is 0.305 e. The Bertz CT molecular complexity index is 214. The molecular formula is C12H21NO. The Kier molecular flexibility index (Phi) is 2.91. The average molecular weight is 195 g/mol. The summed E-state index contributed by atoms with van der Waals surface area (Å²) >= 11 is 0. The van der Waals surface area contributed by atoms with Crippen LogP contribution in [0.25, 0.3) is 0 Å². The lowest BCUT2D eigenvalue weighted by Crippen LogP contribution is -2.52. The number of piperidine rings is 1. The van der Waals surface area contributed by atoms with Crippen LogP contribution in [-0.4, -0.2) is 17.9 Å². The molecule has 1 aliphatic heterocycles. The van der Waals surface area contributed by atoms with Crippen LogP contribution in [0.5, 0.6) is 0 Å². The lowest BCUT2D eigenvalue weighted by atomic mass is 9.84. The molecule has 1 aliphatic carbocycles. The topological polar surface area (TPSA) is 29.1 Å². The minimum absolute atomic E-state index is 0.187. The fourth-order valence-electron chi connectivity index (χ4n) is 2.31. The Balaban J connectivity index is 1.80. The highest BCUT2D eigenvalue weighted by Crippen LogP contribution is 2.34. The van der Waals surface area contributed by atoms with Gasteiger partial charge >= 0.3 is 0 Å². The van der Waals surface area contributed by atoms with E-state index in [1.165, 1.54) is 25.7 Å². The Morgan fingerprint density at radius 3 is 2.79 bits per heavy atom. The number of Topliss-reactive ketones (excluding diaryl/α,β-unsaturated/α-hetero) is 1. The molecule has 0 amide bonds. The molecule has 0 spiro atoms. The number of carbonyl (C=O) groups is 1. The van der Waals surface area contributed by atoms with Gasteiger partial charge in [-0.05, 0) is 45.1 Å². The summed E-state index contributed by atoms with van der Waals surface area (Å²) in [5.74, 6) is 1.33. The van der Waals surface area contributed by atoms with Crippen LogP contribution in [0.1, 0.15) is 51.9 Å². The number of hydrogen-bond acceptors (Lipinski definition) is 2. The molecule has 0 aromatic rings. The van der Waals surface area contributed by atoms with Crippen molar-refractivity contribution in [1.82, 2.24) is 5.32 Å². The number of hydrogen-bond donors (Lipinski definition) is 1. The first-order valence-electron chi connectivity index (χ1n) is 5.99. The lowest BCUT2D eigenvalue weighted by Gasteiger charge is -2.33. The molecule has 80 valence electrons. The normalized spacial score (nSPS) is 32.9. The highest BCUT2D eigenvalue weighted by Gasteiger charge is 2.34. The van der Waals surface area contributed by atoms with Gasteiger partial charge in [-0.25, -0.2) is 0 Å². The molecule has 0 aromatic carbocycles. The third-order valence-electron chi connectivity index (χ3n) is 3.71. The van der Waals surface area contributed by atoms with Gasteiger partial charge in [0.1, 0.15) is 0 Å².